The Labute approximate surface area is 162 Å². The van der Waals surface area contributed by atoms with Gasteiger partial charge in [0.05, 0.1) is 17.7 Å². The Balaban J connectivity index is 1.86. The minimum Gasteiger partial charge on any atom is -0.376 e. The molecule has 7 heteroatoms. The number of aromatic amines is 1. The molecule has 0 radical (unpaired) electrons. The van der Waals surface area contributed by atoms with Crippen molar-refractivity contribution in [1.29, 1.82) is 0 Å². The van der Waals surface area contributed by atoms with Gasteiger partial charge in [-0.05, 0) is 58.8 Å². The van der Waals surface area contributed by atoms with Gasteiger partial charge in [-0.2, -0.15) is 0 Å². The van der Waals surface area contributed by atoms with Crippen molar-refractivity contribution in [2.24, 2.45) is 5.92 Å². The van der Waals surface area contributed by atoms with Gasteiger partial charge in [0.25, 0.3) is 5.91 Å². The van der Waals surface area contributed by atoms with E-state index < -0.39 is 0 Å². The first-order valence-corrected chi connectivity index (χ1v) is 9.99. The molecule has 27 heavy (non-hydrogen) atoms. The van der Waals surface area contributed by atoms with E-state index in [0.29, 0.717) is 25.1 Å². The van der Waals surface area contributed by atoms with Crippen LogP contribution in [0.1, 0.15) is 49.4 Å². The summed E-state index contributed by atoms with van der Waals surface area (Å²) in [7, 11) is 4.06. The summed E-state index contributed by atoms with van der Waals surface area (Å²) in [6.45, 7) is 4.35. The molecule has 7 nitrogen and oxygen atoms in total. The van der Waals surface area contributed by atoms with Crippen LogP contribution in [0.5, 0.6) is 0 Å². The normalized spacial score (nSPS) is 22.6. The highest BCUT2D eigenvalue weighted by atomic mass is 16.5. The predicted octanol–water partition coefficient (Wildman–Crippen LogP) is 1.78. The number of carbonyl (C=O) groups is 2. The maximum atomic E-state index is 12.5. The van der Waals surface area contributed by atoms with Crippen LogP contribution in [0, 0.1) is 5.92 Å². The lowest BCUT2D eigenvalue weighted by Gasteiger charge is -2.36. The van der Waals surface area contributed by atoms with Gasteiger partial charge >= 0.3 is 0 Å². The molecule has 1 saturated carbocycles. The van der Waals surface area contributed by atoms with E-state index in [0.717, 1.165) is 32.2 Å². The minimum absolute atomic E-state index is 0.0494. The van der Waals surface area contributed by atoms with E-state index in [1.807, 2.05) is 14.1 Å². The van der Waals surface area contributed by atoms with Crippen molar-refractivity contribution in [3.05, 3.63) is 24.0 Å². The molecule has 3 N–H and O–H groups in total. The summed E-state index contributed by atoms with van der Waals surface area (Å²) in [5.74, 6) is -0.0428. The number of nitrogens with zero attached hydrogens (tertiary/aromatic N) is 1. The largest absolute Gasteiger partial charge is 0.376 e. The summed E-state index contributed by atoms with van der Waals surface area (Å²) in [5, 5.41) is 6.13. The third-order valence-corrected chi connectivity index (χ3v) is 4.96. The lowest BCUT2D eigenvalue weighted by molar-refractivity contribution is -0.128. The van der Waals surface area contributed by atoms with Crippen LogP contribution in [0.15, 0.2) is 18.5 Å². The maximum absolute atomic E-state index is 12.5. The fourth-order valence-corrected chi connectivity index (χ4v) is 3.45. The van der Waals surface area contributed by atoms with Crippen LogP contribution >= 0.6 is 0 Å². The standard InChI is InChI=1S/C20H34N4O3/c1-4-12-27-18-13-15(19(25)22-9-5-11-24(2)3)6-7-17(18)23-20(26)16-8-10-21-14-16/h8,10,14-15,17-18,21H,4-7,9,11-13H2,1-3H3,(H,22,25)(H,23,26)/t15-,17+,18+/m0/s1. The van der Waals surface area contributed by atoms with Crippen LogP contribution < -0.4 is 10.6 Å². The second-order valence-electron chi connectivity index (χ2n) is 7.55. The van der Waals surface area contributed by atoms with Crippen molar-refractivity contribution < 1.29 is 14.3 Å². The molecule has 1 heterocycles. The molecule has 1 aliphatic carbocycles. The first-order valence-electron chi connectivity index (χ1n) is 9.99. The van der Waals surface area contributed by atoms with Gasteiger partial charge in [0.2, 0.25) is 5.91 Å². The Hall–Kier alpha value is -1.86. The number of H-pyrrole nitrogens is 1. The van der Waals surface area contributed by atoms with Crippen molar-refractivity contribution >= 4 is 11.8 Å². The van der Waals surface area contributed by atoms with Crippen LogP contribution in [0.4, 0.5) is 0 Å². The molecule has 0 aliphatic heterocycles. The first kappa shape index (κ1) is 21.4. The van der Waals surface area contributed by atoms with E-state index in [4.69, 9.17) is 4.74 Å². The van der Waals surface area contributed by atoms with Crippen LogP contribution in [0.3, 0.4) is 0 Å². The van der Waals surface area contributed by atoms with E-state index in [2.05, 4.69) is 27.4 Å². The van der Waals surface area contributed by atoms with Crippen LogP contribution in [0.2, 0.25) is 0 Å². The fraction of sp³-hybridized carbons (Fsp3) is 0.700. The molecule has 1 aromatic rings. The summed E-state index contributed by atoms with van der Waals surface area (Å²) in [4.78, 5) is 29.9. The lowest BCUT2D eigenvalue weighted by Crippen LogP contribution is -2.50. The number of rotatable bonds is 10. The second-order valence-corrected chi connectivity index (χ2v) is 7.55. The maximum Gasteiger partial charge on any atom is 0.253 e. The molecule has 0 bridgehead atoms. The molecular formula is C20H34N4O3. The molecule has 1 aromatic heterocycles. The molecule has 1 aliphatic rings. The molecule has 0 unspecified atom stereocenters. The average molecular weight is 379 g/mol. The Bertz CT molecular complexity index is 574. The molecule has 0 aromatic carbocycles. The van der Waals surface area contributed by atoms with Gasteiger partial charge in [-0.3, -0.25) is 9.59 Å². The number of nitrogens with one attached hydrogen (secondary N) is 3. The molecule has 152 valence electrons. The van der Waals surface area contributed by atoms with Crippen LogP contribution in [-0.4, -0.2) is 67.6 Å². The Morgan fingerprint density at radius 1 is 1.33 bits per heavy atom. The van der Waals surface area contributed by atoms with Gasteiger partial charge in [-0.15, -0.1) is 0 Å². The summed E-state index contributed by atoms with van der Waals surface area (Å²) in [6, 6.07) is 1.70. The fourth-order valence-electron chi connectivity index (χ4n) is 3.45. The summed E-state index contributed by atoms with van der Waals surface area (Å²) < 4.78 is 5.99. The van der Waals surface area contributed by atoms with Crippen LogP contribution in [0.25, 0.3) is 0 Å². The minimum atomic E-state index is -0.126. The van der Waals surface area contributed by atoms with Gasteiger partial charge in [0.15, 0.2) is 0 Å². The molecule has 0 spiro atoms. The zero-order valence-electron chi connectivity index (χ0n) is 16.8. The summed E-state index contributed by atoms with van der Waals surface area (Å²) in [5.41, 5.74) is 0.616. The van der Waals surface area contributed by atoms with E-state index in [9.17, 15) is 9.59 Å². The monoisotopic (exact) mass is 378 g/mol. The van der Waals surface area contributed by atoms with Crippen molar-refractivity contribution in [1.82, 2.24) is 20.5 Å². The Morgan fingerprint density at radius 2 is 2.15 bits per heavy atom. The smallest absolute Gasteiger partial charge is 0.253 e. The second kappa shape index (κ2) is 11.1. The number of hydrogen-bond acceptors (Lipinski definition) is 4. The Kier molecular flexibility index (Phi) is 8.81. The molecule has 0 saturated heterocycles. The SMILES string of the molecule is CCCO[C@@H]1C[C@@H](C(=O)NCCCN(C)C)CC[C@H]1NC(=O)c1cc[nH]c1. The zero-order valence-corrected chi connectivity index (χ0v) is 16.8. The number of aromatic nitrogens is 1. The highest BCUT2D eigenvalue weighted by molar-refractivity contribution is 5.94. The molecular weight excluding hydrogens is 344 g/mol. The lowest BCUT2D eigenvalue weighted by atomic mass is 9.83. The summed E-state index contributed by atoms with van der Waals surface area (Å²) in [6.07, 6.45) is 7.31. The molecule has 1 fully saturated rings. The van der Waals surface area contributed by atoms with E-state index in [1.54, 1.807) is 18.5 Å². The van der Waals surface area contributed by atoms with Gasteiger partial charge in [-0.1, -0.05) is 6.92 Å². The summed E-state index contributed by atoms with van der Waals surface area (Å²) >= 11 is 0. The third kappa shape index (κ3) is 6.99. The average Bonchev–Trinajstić information content (AvgIpc) is 3.19. The number of amides is 2. The molecule has 2 amide bonds. The van der Waals surface area contributed by atoms with E-state index >= 15 is 0 Å². The van der Waals surface area contributed by atoms with Gasteiger partial charge < -0.3 is 25.3 Å². The van der Waals surface area contributed by atoms with Gasteiger partial charge in [-0.25, -0.2) is 0 Å². The molecule has 2 rings (SSSR count). The first-order chi connectivity index (χ1) is 13.0. The number of ether oxygens (including phenoxy) is 1. The van der Waals surface area contributed by atoms with Crippen molar-refractivity contribution in [2.75, 3.05) is 33.8 Å². The third-order valence-electron chi connectivity index (χ3n) is 4.96. The van der Waals surface area contributed by atoms with Gasteiger partial charge in [0.1, 0.15) is 0 Å². The number of hydrogen-bond donors (Lipinski definition) is 3. The predicted molar refractivity (Wildman–Crippen MR) is 106 cm³/mol. The number of carbonyl (C=O) groups excluding carboxylic acids is 2. The van der Waals surface area contributed by atoms with Crippen molar-refractivity contribution in [3.63, 3.8) is 0 Å². The Morgan fingerprint density at radius 3 is 2.81 bits per heavy atom. The quantitative estimate of drug-likeness (QED) is 0.542. The van der Waals surface area contributed by atoms with Crippen LogP contribution in [-0.2, 0) is 9.53 Å². The zero-order chi connectivity index (χ0) is 19.6. The van der Waals surface area contributed by atoms with E-state index in [-0.39, 0.29) is 29.9 Å². The molecule has 3 atom stereocenters. The topological polar surface area (TPSA) is 86.5 Å². The highest BCUT2D eigenvalue weighted by Gasteiger charge is 2.35. The van der Waals surface area contributed by atoms with E-state index in [1.165, 1.54) is 0 Å². The van der Waals surface area contributed by atoms with Crippen molar-refractivity contribution in [3.8, 4) is 0 Å². The van der Waals surface area contributed by atoms with Crippen molar-refractivity contribution in [2.45, 2.75) is 51.2 Å². The highest BCUT2D eigenvalue weighted by Crippen LogP contribution is 2.27. The van der Waals surface area contributed by atoms with Gasteiger partial charge in [0, 0.05) is 31.5 Å².